The molecule has 3 nitrogen and oxygen atoms in total. The van der Waals surface area contributed by atoms with Crippen LogP contribution in [0.3, 0.4) is 0 Å². The lowest BCUT2D eigenvalue weighted by Gasteiger charge is -2.19. The fraction of sp³-hybridized carbons (Fsp3) is 0.227. The van der Waals surface area contributed by atoms with Gasteiger partial charge in [-0.05, 0) is 60.4 Å². The second-order valence-electron chi connectivity index (χ2n) is 6.67. The maximum absolute atomic E-state index is 12.8. The first-order valence-electron chi connectivity index (χ1n) is 8.87. The SMILES string of the molecule is Cc1cc(N2CCCC2)ccc1NC(=O)c1cccc2ccccc12. The maximum Gasteiger partial charge on any atom is 0.256 e. The summed E-state index contributed by atoms with van der Waals surface area (Å²) in [6.07, 6.45) is 2.53. The zero-order valence-corrected chi connectivity index (χ0v) is 14.5. The molecule has 126 valence electrons. The van der Waals surface area contributed by atoms with Crippen LogP contribution in [0, 0.1) is 6.92 Å². The highest BCUT2D eigenvalue weighted by Crippen LogP contribution is 2.26. The normalized spacial score (nSPS) is 14.0. The van der Waals surface area contributed by atoms with E-state index in [2.05, 4.69) is 29.3 Å². The number of aryl methyl sites for hydroxylation is 1. The number of benzene rings is 3. The lowest BCUT2D eigenvalue weighted by atomic mass is 10.0. The average molecular weight is 330 g/mol. The molecule has 1 amide bonds. The van der Waals surface area contributed by atoms with E-state index < -0.39 is 0 Å². The van der Waals surface area contributed by atoms with Crippen LogP contribution in [0.25, 0.3) is 10.8 Å². The summed E-state index contributed by atoms with van der Waals surface area (Å²) in [5.74, 6) is -0.0613. The first-order chi connectivity index (χ1) is 12.2. The van der Waals surface area contributed by atoms with Gasteiger partial charge < -0.3 is 10.2 Å². The molecule has 1 aliphatic rings. The van der Waals surface area contributed by atoms with Crippen molar-refractivity contribution in [1.82, 2.24) is 0 Å². The van der Waals surface area contributed by atoms with Crippen LogP contribution in [0.15, 0.2) is 60.7 Å². The Morgan fingerprint density at radius 2 is 1.72 bits per heavy atom. The van der Waals surface area contributed by atoms with E-state index in [1.54, 1.807) is 0 Å². The van der Waals surface area contributed by atoms with Crippen LogP contribution in [0.1, 0.15) is 28.8 Å². The molecule has 0 bridgehead atoms. The van der Waals surface area contributed by atoms with Gasteiger partial charge in [0.25, 0.3) is 5.91 Å². The summed E-state index contributed by atoms with van der Waals surface area (Å²) >= 11 is 0. The summed E-state index contributed by atoms with van der Waals surface area (Å²) < 4.78 is 0. The van der Waals surface area contributed by atoms with Crippen molar-refractivity contribution < 1.29 is 4.79 Å². The second-order valence-corrected chi connectivity index (χ2v) is 6.67. The molecule has 1 fully saturated rings. The number of amides is 1. The molecule has 0 radical (unpaired) electrons. The van der Waals surface area contributed by atoms with E-state index in [1.807, 2.05) is 48.5 Å². The fourth-order valence-electron chi connectivity index (χ4n) is 3.57. The van der Waals surface area contributed by atoms with E-state index in [0.717, 1.165) is 35.1 Å². The van der Waals surface area contributed by atoms with Gasteiger partial charge >= 0.3 is 0 Å². The summed E-state index contributed by atoms with van der Waals surface area (Å²) in [4.78, 5) is 15.2. The van der Waals surface area contributed by atoms with Gasteiger partial charge in [0.2, 0.25) is 0 Å². The number of anilines is 2. The van der Waals surface area contributed by atoms with Crippen LogP contribution in [0.2, 0.25) is 0 Å². The number of fused-ring (bicyclic) bond motifs is 1. The molecule has 0 unspecified atom stereocenters. The van der Waals surface area contributed by atoms with Crippen LogP contribution in [0.4, 0.5) is 11.4 Å². The van der Waals surface area contributed by atoms with Crippen LogP contribution in [0.5, 0.6) is 0 Å². The molecule has 4 rings (SSSR count). The van der Waals surface area contributed by atoms with Crippen molar-refractivity contribution in [3.8, 4) is 0 Å². The molecule has 0 aliphatic carbocycles. The third-order valence-electron chi connectivity index (χ3n) is 4.96. The third-order valence-corrected chi connectivity index (χ3v) is 4.96. The molecule has 25 heavy (non-hydrogen) atoms. The topological polar surface area (TPSA) is 32.3 Å². The van der Waals surface area contributed by atoms with Gasteiger partial charge in [0.1, 0.15) is 0 Å². The Kier molecular flexibility index (Phi) is 4.14. The van der Waals surface area contributed by atoms with Crippen LogP contribution in [-0.4, -0.2) is 19.0 Å². The Morgan fingerprint density at radius 3 is 2.52 bits per heavy atom. The van der Waals surface area contributed by atoms with Crippen molar-refractivity contribution in [1.29, 1.82) is 0 Å². The van der Waals surface area contributed by atoms with E-state index in [9.17, 15) is 4.79 Å². The van der Waals surface area contributed by atoms with Gasteiger partial charge in [-0.3, -0.25) is 4.79 Å². The first-order valence-corrected chi connectivity index (χ1v) is 8.87. The van der Waals surface area contributed by atoms with Crippen molar-refractivity contribution in [2.24, 2.45) is 0 Å². The Morgan fingerprint density at radius 1 is 0.960 bits per heavy atom. The van der Waals surface area contributed by atoms with Gasteiger partial charge in [-0.1, -0.05) is 36.4 Å². The molecule has 3 aromatic carbocycles. The van der Waals surface area contributed by atoms with Gasteiger partial charge in [-0.25, -0.2) is 0 Å². The summed E-state index contributed by atoms with van der Waals surface area (Å²) in [6.45, 7) is 4.31. The van der Waals surface area contributed by atoms with Crippen LogP contribution >= 0.6 is 0 Å². The average Bonchev–Trinajstić information content (AvgIpc) is 3.17. The zero-order valence-electron chi connectivity index (χ0n) is 14.5. The smallest absolute Gasteiger partial charge is 0.256 e. The quantitative estimate of drug-likeness (QED) is 0.733. The van der Waals surface area contributed by atoms with Crippen molar-refractivity contribution in [3.63, 3.8) is 0 Å². The lowest BCUT2D eigenvalue weighted by Crippen LogP contribution is -2.18. The maximum atomic E-state index is 12.8. The molecular formula is C22H22N2O. The lowest BCUT2D eigenvalue weighted by molar-refractivity contribution is 0.102. The number of hydrogen-bond donors (Lipinski definition) is 1. The molecular weight excluding hydrogens is 308 g/mol. The standard InChI is InChI=1S/C22H22N2O/c1-16-15-18(24-13-4-5-14-24)11-12-21(16)23-22(25)20-10-6-8-17-7-2-3-9-19(17)20/h2-3,6-12,15H,4-5,13-14H2,1H3,(H,23,25). The molecule has 0 spiro atoms. The number of carbonyl (C=O) groups is 1. The minimum atomic E-state index is -0.0613. The molecule has 1 aliphatic heterocycles. The highest BCUT2D eigenvalue weighted by molar-refractivity contribution is 6.13. The predicted octanol–water partition coefficient (Wildman–Crippen LogP) is 5.00. The van der Waals surface area contributed by atoms with Gasteiger partial charge in [0.05, 0.1) is 0 Å². The second kappa shape index (κ2) is 6.60. The summed E-state index contributed by atoms with van der Waals surface area (Å²) in [6, 6.07) is 20.1. The third kappa shape index (κ3) is 3.10. The van der Waals surface area contributed by atoms with E-state index in [4.69, 9.17) is 0 Å². The van der Waals surface area contributed by atoms with Crippen molar-refractivity contribution in [2.75, 3.05) is 23.3 Å². The number of nitrogens with zero attached hydrogens (tertiary/aromatic N) is 1. The monoisotopic (exact) mass is 330 g/mol. The first kappa shape index (κ1) is 15.7. The number of carbonyl (C=O) groups excluding carboxylic acids is 1. The molecule has 1 saturated heterocycles. The highest BCUT2D eigenvalue weighted by atomic mass is 16.1. The Bertz CT molecular complexity index is 921. The van der Waals surface area contributed by atoms with Gasteiger partial charge in [-0.2, -0.15) is 0 Å². The molecule has 0 saturated carbocycles. The zero-order chi connectivity index (χ0) is 17.2. The Labute approximate surface area is 148 Å². The largest absolute Gasteiger partial charge is 0.372 e. The van der Waals surface area contributed by atoms with Gasteiger partial charge in [0, 0.05) is 30.0 Å². The van der Waals surface area contributed by atoms with Gasteiger partial charge in [-0.15, -0.1) is 0 Å². The number of rotatable bonds is 3. The van der Waals surface area contributed by atoms with E-state index in [1.165, 1.54) is 18.5 Å². The highest BCUT2D eigenvalue weighted by Gasteiger charge is 2.15. The number of nitrogens with one attached hydrogen (secondary N) is 1. The van der Waals surface area contributed by atoms with Crippen LogP contribution in [-0.2, 0) is 0 Å². The Hall–Kier alpha value is -2.81. The van der Waals surface area contributed by atoms with E-state index >= 15 is 0 Å². The molecule has 3 heteroatoms. The molecule has 1 N–H and O–H groups in total. The minimum absolute atomic E-state index is 0.0613. The summed E-state index contributed by atoms with van der Waals surface area (Å²) in [5.41, 5.74) is 3.93. The van der Waals surface area contributed by atoms with Crippen molar-refractivity contribution in [3.05, 3.63) is 71.8 Å². The van der Waals surface area contributed by atoms with E-state index in [-0.39, 0.29) is 5.91 Å². The minimum Gasteiger partial charge on any atom is -0.372 e. The van der Waals surface area contributed by atoms with Gasteiger partial charge in [0.15, 0.2) is 0 Å². The molecule has 3 aromatic rings. The predicted molar refractivity (Wildman–Crippen MR) is 105 cm³/mol. The molecule has 1 heterocycles. The van der Waals surface area contributed by atoms with Crippen molar-refractivity contribution in [2.45, 2.75) is 19.8 Å². The molecule has 0 aromatic heterocycles. The fourth-order valence-corrected chi connectivity index (χ4v) is 3.57. The Balaban J connectivity index is 1.60. The van der Waals surface area contributed by atoms with Crippen LogP contribution < -0.4 is 10.2 Å². The molecule has 0 atom stereocenters. The summed E-state index contributed by atoms with van der Waals surface area (Å²) in [7, 11) is 0. The summed E-state index contributed by atoms with van der Waals surface area (Å²) in [5, 5.41) is 5.14. The van der Waals surface area contributed by atoms with E-state index in [0.29, 0.717) is 5.56 Å². The van der Waals surface area contributed by atoms with Crippen molar-refractivity contribution >= 4 is 28.1 Å². The number of hydrogen-bond acceptors (Lipinski definition) is 2.